The van der Waals surface area contributed by atoms with Crippen LogP contribution in [-0.4, -0.2) is 57.0 Å². The Morgan fingerprint density at radius 2 is 2.13 bits per heavy atom. The molecule has 0 aromatic carbocycles. The summed E-state index contributed by atoms with van der Waals surface area (Å²) in [5, 5.41) is 3.40. The van der Waals surface area contributed by atoms with Crippen molar-refractivity contribution in [3.05, 3.63) is 0 Å². The molecule has 0 spiro atoms. The normalized spacial score (nSPS) is 27.3. The molecule has 1 N–H and O–H groups in total. The minimum Gasteiger partial charge on any atom is -0.313 e. The highest BCUT2D eigenvalue weighted by Gasteiger charge is 2.20. The van der Waals surface area contributed by atoms with Crippen molar-refractivity contribution in [2.75, 3.05) is 31.6 Å². The standard InChI is InChI=1S/C10H22N2O2S/c1-9-4-6-12(7-5-11-9)10(2)8-15(3,13)14/h9-11H,4-8H2,1-3H3. The van der Waals surface area contributed by atoms with Crippen LogP contribution in [0.2, 0.25) is 0 Å². The van der Waals surface area contributed by atoms with Crippen LogP contribution in [0, 0.1) is 0 Å². The third kappa shape index (κ3) is 4.95. The monoisotopic (exact) mass is 234 g/mol. The summed E-state index contributed by atoms with van der Waals surface area (Å²) < 4.78 is 22.4. The second-order valence-corrected chi connectivity index (χ2v) is 6.81. The third-order valence-electron chi connectivity index (χ3n) is 2.91. The fraction of sp³-hybridized carbons (Fsp3) is 1.00. The van der Waals surface area contributed by atoms with Crippen molar-refractivity contribution < 1.29 is 8.42 Å². The Kier molecular flexibility index (Phi) is 4.55. The second-order valence-electron chi connectivity index (χ2n) is 4.62. The Hall–Kier alpha value is -0.130. The molecular weight excluding hydrogens is 212 g/mol. The molecule has 5 heteroatoms. The molecule has 1 fully saturated rings. The van der Waals surface area contributed by atoms with E-state index in [0.29, 0.717) is 6.04 Å². The summed E-state index contributed by atoms with van der Waals surface area (Å²) >= 11 is 0. The lowest BCUT2D eigenvalue weighted by Crippen LogP contribution is -2.39. The van der Waals surface area contributed by atoms with Crippen LogP contribution in [0.25, 0.3) is 0 Å². The zero-order valence-corrected chi connectivity index (χ0v) is 10.7. The highest BCUT2D eigenvalue weighted by atomic mass is 32.2. The van der Waals surface area contributed by atoms with Crippen LogP contribution in [0.1, 0.15) is 20.3 Å². The van der Waals surface area contributed by atoms with Crippen LogP contribution < -0.4 is 5.32 Å². The Bertz CT molecular complexity index is 290. The molecule has 0 aliphatic carbocycles. The summed E-state index contributed by atoms with van der Waals surface area (Å²) in [6.07, 6.45) is 2.40. The molecule has 0 saturated carbocycles. The molecular formula is C10H22N2O2S. The van der Waals surface area contributed by atoms with E-state index < -0.39 is 9.84 Å². The van der Waals surface area contributed by atoms with Crippen molar-refractivity contribution >= 4 is 9.84 Å². The Labute approximate surface area is 93.0 Å². The van der Waals surface area contributed by atoms with Gasteiger partial charge in [-0.2, -0.15) is 0 Å². The lowest BCUT2D eigenvalue weighted by Gasteiger charge is -2.26. The van der Waals surface area contributed by atoms with Crippen LogP contribution >= 0.6 is 0 Å². The first-order chi connectivity index (χ1) is 6.88. The maximum Gasteiger partial charge on any atom is 0.148 e. The van der Waals surface area contributed by atoms with E-state index in [0.717, 1.165) is 26.1 Å². The van der Waals surface area contributed by atoms with Crippen LogP contribution in [0.4, 0.5) is 0 Å². The Morgan fingerprint density at radius 1 is 1.47 bits per heavy atom. The number of nitrogens with zero attached hydrogens (tertiary/aromatic N) is 1. The van der Waals surface area contributed by atoms with Gasteiger partial charge in [-0.3, -0.25) is 4.90 Å². The van der Waals surface area contributed by atoms with Gasteiger partial charge in [-0.1, -0.05) is 0 Å². The van der Waals surface area contributed by atoms with Gasteiger partial charge in [0, 0.05) is 31.4 Å². The lowest BCUT2D eigenvalue weighted by atomic mass is 10.2. The number of rotatable bonds is 3. The van der Waals surface area contributed by atoms with E-state index in [4.69, 9.17) is 0 Å². The maximum absolute atomic E-state index is 11.2. The summed E-state index contributed by atoms with van der Waals surface area (Å²) in [4.78, 5) is 2.26. The van der Waals surface area contributed by atoms with Gasteiger partial charge >= 0.3 is 0 Å². The van der Waals surface area contributed by atoms with E-state index in [-0.39, 0.29) is 11.8 Å². The molecule has 15 heavy (non-hydrogen) atoms. The molecule has 2 atom stereocenters. The average molecular weight is 234 g/mol. The van der Waals surface area contributed by atoms with Gasteiger partial charge < -0.3 is 5.32 Å². The summed E-state index contributed by atoms with van der Waals surface area (Å²) in [6, 6.07) is 0.674. The number of hydrogen-bond acceptors (Lipinski definition) is 4. The van der Waals surface area contributed by atoms with Gasteiger partial charge in [-0.05, 0) is 26.8 Å². The highest BCUT2D eigenvalue weighted by Crippen LogP contribution is 2.07. The van der Waals surface area contributed by atoms with E-state index in [2.05, 4.69) is 17.1 Å². The maximum atomic E-state index is 11.2. The summed E-state index contributed by atoms with van der Waals surface area (Å²) in [5.74, 6) is 0.265. The highest BCUT2D eigenvalue weighted by molar-refractivity contribution is 7.90. The van der Waals surface area contributed by atoms with Gasteiger partial charge in [0.25, 0.3) is 0 Å². The zero-order chi connectivity index (χ0) is 11.5. The van der Waals surface area contributed by atoms with Crippen molar-refractivity contribution in [1.82, 2.24) is 10.2 Å². The largest absolute Gasteiger partial charge is 0.313 e. The molecule has 1 aliphatic heterocycles. The van der Waals surface area contributed by atoms with Gasteiger partial charge in [-0.15, -0.1) is 0 Å². The van der Waals surface area contributed by atoms with Crippen molar-refractivity contribution in [3.8, 4) is 0 Å². The Morgan fingerprint density at radius 3 is 2.73 bits per heavy atom. The van der Waals surface area contributed by atoms with Gasteiger partial charge in [0.05, 0.1) is 5.75 Å². The van der Waals surface area contributed by atoms with E-state index in [1.807, 2.05) is 6.92 Å². The minimum absolute atomic E-state index is 0.132. The van der Waals surface area contributed by atoms with E-state index in [9.17, 15) is 8.42 Å². The molecule has 90 valence electrons. The number of sulfone groups is 1. The van der Waals surface area contributed by atoms with Crippen LogP contribution in [0.3, 0.4) is 0 Å². The van der Waals surface area contributed by atoms with E-state index in [1.54, 1.807) is 0 Å². The molecule has 1 aliphatic rings. The first-order valence-electron chi connectivity index (χ1n) is 5.53. The SMILES string of the molecule is CC1CCN(C(C)CS(C)(=O)=O)CCN1. The van der Waals surface area contributed by atoms with Gasteiger partial charge in [0.15, 0.2) is 0 Å². The van der Waals surface area contributed by atoms with Crippen LogP contribution in [0.15, 0.2) is 0 Å². The summed E-state index contributed by atoms with van der Waals surface area (Å²) in [7, 11) is -2.86. The van der Waals surface area contributed by atoms with Gasteiger partial charge in [-0.25, -0.2) is 8.42 Å². The van der Waals surface area contributed by atoms with Gasteiger partial charge in [0.2, 0.25) is 0 Å². The topological polar surface area (TPSA) is 49.4 Å². The lowest BCUT2D eigenvalue weighted by molar-refractivity contribution is 0.237. The summed E-state index contributed by atoms with van der Waals surface area (Å²) in [6.45, 7) is 7.06. The predicted octanol–water partition coefficient (Wildman–Crippen LogP) is 0.103. The summed E-state index contributed by atoms with van der Waals surface area (Å²) in [5.41, 5.74) is 0. The van der Waals surface area contributed by atoms with E-state index in [1.165, 1.54) is 6.26 Å². The van der Waals surface area contributed by atoms with Crippen LogP contribution in [0.5, 0.6) is 0 Å². The molecule has 0 aromatic heterocycles. The average Bonchev–Trinajstić information content (AvgIpc) is 2.26. The van der Waals surface area contributed by atoms with E-state index >= 15 is 0 Å². The molecule has 0 bridgehead atoms. The zero-order valence-electron chi connectivity index (χ0n) is 9.86. The fourth-order valence-corrected chi connectivity index (χ4v) is 3.10. The number of nitrogens with one attached hydrogen (secondary N) is 1. The molecule has 4 nitrogen and oxygen atoms in total. The van der Waals surface area contributed by atoms with Crippen molar-refractivity contribution in [3.63, 3.8) is 0 Å². The molecule has 0 aromatic rings. The molecule has 0 amide bonds. The minimum atomic E-state index is -2.86. The van der Waals surface area contributed by atoms with Crippen molar-refractivity contribution in [2.45, 2.75) is 32.4 Å². The second kappa shape index (κ2) is 5.27. The van der Waals surface area contributed by atoms with Crippen molar-refractivity contribution in [2.24, 2.45) is 0 Å². The van der Waals surface area contributed by atoms with Crippen LogP contribution in [-0.2, 0) is 9.84 Å². The fourth-order valence-electron chi connectivity index (χ4n) is 2.01. The molecule has 0 radical (unpaired) electrons. The first kappa shape index (κ1) is 12.9. The number of hydrogen-bond donors (Lipinski definition) is 1. The first-order valence-corrected chi connectivity index (χ1v) is 7.59. The molecule has 1 saturated heterocycles. The Balaban J connectivity index is 2.48. The van der Waals surface area contributed by atoms with Gasteiger partial charge in [0.1, 0.15) is 9.84 Å². The third-order valence-corrected chi connectivity index (χ3v) is 4.00. The molecule has 1 rings (SSSR count). The quantitative estimate of drug-likeness (QED) is 0.752. The van der Waals surface area contributed by atoms with Crippen molar-refractivity contribution in [1.29, 1.82) is 0 Å². The molecule has 2 unspecified atom stereocenters. The predicted molar refractivity (Wildman–Crippen MR) is 62.8 cm³/mol. The smallest absolute Gasteiger partial charge is 0.148 e. The molecule has 1 heterocycles.